The van der Waals surface area contributed by atoms with E-state index >= 15 is 0 Å². The number of hydrogen-bond donors (Lipinski definition) is 3. The topological polar surface area (TPSA) is 194 Å². The molecule has 0 bridgehead atoms. The predicted molar refractivity (Wildman–Crippen MR) is 150 cm³/mol. The highest BCUT2D eigenvalue weighted by Gasteiger charge is 2.51. The van der Waals surface area contributed by atoms with Crippen LogP contribution < -0.4 is 16.0 Å². The first-order chi connectivity index (χ1) is 20.1. The van der Waals surface area contributed by atoms with Gasteiger partial charge in [0.25, 0.3) is 0 Å². The van der Waals surface area contributed by atoms with Crippen molar-refractivity contribution in [2.24, 2.45) is 11.8 Å². The molecule has 0 aromatic carbocycles. The van der Waals surface area contributed by atoms with Crippen LogP contribution in [0.15, 0.2) is 0 Å². The lowest BCUT2D eigenvalue weighted by Gasteiger charge is -2.44. The van der Waals surface area contributed by atoms with Crippen LogP contribution >= 0.6 is 0 Å². The highest BCUT2D eigenvalue weighted by Crippen LogP contribution is 2.27. The van der Waals surface area contributed by atoms with Crippen molar-refractivity contribution in [1.82, 2.24) is 16.0 Å². The lowest BCUT2D eigenvalue weighted by molar-refractivity contribution is -0.270. The quantitative estimate of drug-likeness (QED) is 0.174. The Kier molecular flexibility index (Phi) is 16.0. The highest BCUT2D eigenvalue weighted by molar-refractivity contribution is 5.90. The number of hydrogen-bond acceptors (Lipinski definition) is 12. The average Bonchev–Trinajstić information content (AvgIpc) is 2.88. The maximum absolute atomic E-state index is 13.3. The van der Waals surface area contributed by atoms with Gasteiger partial charge >= 0.3 is 29.9 Å². The van der Waals surface area contributed by atoms with Crippen LogP contribution in [-0.4, -0.2) is 98.9 Å². The highest BCUT2D eigenvalue weighted by atomic mass is 16.7. The molecule has 1 fully saturated rings. The molecule has 43 heavy (non-hydrogen) atoms. The molecule has 15 nitrogen and oxygen atoms in total. The summed E-state index contributed by atoms with van der Waals surface area (Å²) >= 11 is 0. The molecule has 0 aromatic rings. The molecule has 0 aromatic heterocycles. The molecule has 15 heteroatoms. The van der Waals surface area contributed by atoms with Gasteiger partial charge in [0.2, 0.25) is 5.91 Å². The molecule has 3 amide bonds. The van der Waals surface area contributed by atoms with E-state index in [0.717, 1.165) is 13.8 Å². The summed E-state index contributed by atoms with van der Waals surface area (Å²) in [7, 11) is 1.27. The average molecular weight is 618 g/mol. The first-order valence-electron chi connectivity index (χ1n) is 14.3. The second-order valence-corrected chi connectivity index (χ2v) is 11.0. The molecule has 0 spiro atoms. The van der Waals surface area contributed by atoms with Crippen LogP contribution in [0.25, 0.3) is 0 Å². The van der Waals surface area contributed by atoms with Gasteiger partial charge in [0.1, 0.15) is 30.8 Å². The third kappa shape index (κ3) is 13.2. The van der Waals surface area contributed by atoms with Gasteiger partial charge in [-0.05, 0) is 31.6 Å². The van der Waals surface area contributed by atoms with E-state index in [1.165, 1.54) is 14.0 Å². The Bertz CT molecular complexity index is 973. The molecule has 246 valence electrons. The minimum atomic E-state index is -1.33. The van der Waals surface area contributed by atoms with Crippen LogP contribution in [0.4, 0.5) is 4.79 Å². The Hall–Kier alpha value is -3.46. The zero-order valence-electron chi connectivity index (χ0n) is 26.4. The minimum Gasteiger partial charge on any atom is -0.464 e. The molecule has 0 unspecified atom stereocenters. The van der Waals surface area contributed by atoms with Gasteiger partial charge in [-0.25, -0.2) is 9.59 Å². The van der Waals surface area contributed by atoms with E-state index in [0.29, 0.717) is 6.42 Å². The Morgan fingerprint density at radius 1 is 0.767 bits per heavy atom. The molecule has 1 aliphatic heterocycles. The summed E-state index contributed by atoms with van der Waals surface area (Å²) in [6.07, 6.45) is -4.44. The molecule has 1 aliphatic rings. The number of urea groups is 1. The second-order valence-electron chi connectivity index (χ2n) is 11.0. The molecule has 1 saturated heterocycles. The Labute approximate surface area is 252 Å². The molecule has 1 heterocycles. The molecule has 0 radical (unpaired) electrons. The fraction of sp³-hybridized carbons (Fsp3) is 0.786. The van der Waals surface area contributed by atoms with Crippen LogP contribution in [0.5, 0.6) is 0 Å². The largest absolute Gasteiger partial charge is 0.464 e. The SMILES string of the molecule is CCOC(=O)[C@H](CC(C)C)NC(=O)[C@H](CC(C)C)NC(=O)N[C@H]1[C@H](OC)O[C@H](COC(C)=O)[C@@H](OC(C)=O)[C@@H]1OC(C)=O. The maximum Gasteiger partial charge on any atom is 0.328 e. The molecule has 3 N–H and O–H groups in total. The summed E-state index contributed by atoms with van der Waals surface area (Å²) < 4.78 is 32.2. The third-order valence-electron chi connectivity index (χ3n) is 6.15. The van der Waals surface area contributed by atoms with Gasteiger partial charge in [-0.1, -0.05) is 27.7 Å². The Morgan fingerprint density at radius 3 is 1.81 bits per heavy atom. The van der Waals surface area contributed by atoms with Gasteiger partial charge in [0, 0.05) is 27.9 Å². The molecule has 0 aliphatic carbocycles. The predicted octanol–water partition coefficient (Wildman–Crippen LogP) is 0.961. The number of rotatable bonds is 15. The fourth-order valence-electron chi connectivity index (χ4n) is 4.51. The van der Waals surface area contributed by atoms with E-state index < -0.39 is 78.5 Å². The summed E-state index contributed by atoms with van der Waals surface area (Å²) in [4.78, 5) is 74.5. The first kappa shape index (κ1) is 37.6. The van der Waals surface area contributed by atoms with Gasteiger partial charge in [0.15, 0.2) is 18.5 Å². The number of esters is 4. The molecule has 7 atom stereocenters. The minimum absolute atomic E-state index is 0.0314. The number of methoxy groups -OCH3 is 1. The molecule has 0 saturated carbocycles. The van der Waals surface area contributed by atoms with Crippen molar-refractivity contribution in [3.63, 3.8) is 0 Å². The van der Waals surface area contributed by atoms with Crippen LogP contribution in [-0.2, 0) is 52.4 Å². The zero-order valence-corrected chi connectivity index (χ0v) is 26.4. The lowest BCUT2D eigenvalue weighted by Crippen LogP contribution is -2.68. The molecular weight excluding hydrogens is 570 g/mol. The van der Waals surface area contributed by atoms with Gasteiger partial charge < -0.3 is 44.4 Å². The van der Waals surface area contributed by atoms with E-state index in [-0.39, 0.29) is 31.5 Å². The van der Waals surface area contributed by atoms with E-state index in [1.54, 1.807) is 6.92 Å². The van der Waals surface area contributed by atoms with Crippen LogP contribution in [0, 0.1) is 11.8 Å². The summed E-state index contributed by atoms with van der Waals surface area (Å²) in [5, 5.41) is 7.90. The fourth-order valence-corrected chi connectivity index (χ4v) is 4.51. The van der Waals surface area contributed by atoms with Crippen molar-refractivity contribution >= 4 is 35.8 Å². The van der Waals surface area contributed by atoms with Crippen LogP contribution in [0.1, 0.15) is 68.2 Å². The van der Waals surface area contributed by atoms with Crippen molar-refractivity contribution in [3.05, 3.63) is 0 Å². The molecular formula is C28H47N3O12. The maximum atomic E-state index is 13.3. The standard InChI is InChI=1S/C28H47N3O12/c1-10-39-26(36)20(12-15(4)5)29-25(35)19(11-14(2)3)30-28(37)31-22-24(42-18(8)34)23(41-17(7)33)21(13-40-16(6)32)43-27(22)38-9/h14-15,19-24,27H,10-13H2,1-9H3,(H,29,35)(H2,30,31,37)/t19-,20-,21+,22+,23+,24+,27+/m0/s1. The zero-order chi connectivity index (χ0) is 32.9. The Balaban J connectivity index is 3.27. The summed E-state index contributed by atoms with van der Waals surface area (Å²) in [6, 6.07) is -4.07. The van der Waals surface area contributed by atoms with Gasteiger partial charge in [-0.15, -0.1) is 0 Å². The first-order valence-corrected chi connectivity index (χ1v) is 14.3. The number of ether oxygens (including phenoxy) is 6. The van der Waals surface area contributed by atoms with Crippen LogP contribution in [0.3, 0.4) is 0 Å². The van der Waals surface area contributed by atoms with Crippen molar-refractivity contribution in [3.8, 4) is 0 Å². The summed E-state index contributed by atoms with van der Waals surface area (Å²) in [6.45, 7) is 12.4. The smallest absolute Gasteiger partial charge is 0.328 e. The lowest BCUT2D eigenvalue weighted by atomic mass is 9.96. The number of carbonyl (C=O) groups excluding carboxylic acids is 6. The third-order valence-corrected chi connectivity index (χ3v) is 6.15. The summed E-state index contributed by atoms with van der Waals surface area (Å²) in [5.41, 5.74) is 0. The second kappa shape index (κ2) is 18.3. The van der Waals surface area contributed by atoms with E-state index in [1.807, 2.05) is 27.7 Å². The van der Waals surface area contributed by atoms with E-state index in [4.69, 9.17) is 28.4 Å². The number of carbonyl (C=O) groups is 6. The van der Waals surface area contributed by atoms with Gasteiger partial charge in [0.05, 0.1) is 6.61 Å². The van der Waals surface area contributed by atoms with Gasteiger partial charge in [-0.2, -0.15) is 0 Å². The normalized spacial score (nSPS) is 23.0. The van der Waals surface area contributed by atoms with Crippen molar-refractivity contribution in [1.29, 1.82) is 0 Å². The van der Waals surface area contributed by atoms with Gasteiger partial charge in [-0.3, -0.25) is 19.2 Å². The monoisotopic (exact) mass is 617 g/mol. The van der Waals surface area contributed by atoms with Crippen molar-refractivity contribution in [2.45, 2.75) is 111 Å². The number of nitrogens with one attached hydrogen (secondary N) is 3. The van der Waals surface area contributed by atoms with E-state index in [2.05, 4.69) is 16.0 Å². The number of amides is 3. The Morgan fingerprint density at radius 2 is 1.33 bits per heavy atom. The van der Waals surface area contributed by atoms with Crippen molar-refractivity contribution in [2.75, 3.05) is 20.3 Å². The molecule has 1 rings (SSSR count). The van der Waals surface area contributed by atoms with E-state index in [9.17, 15) is 28.8 Å². The van der Waals surface area contributed by atoms with Crippen LogP contribution in [0.2, 0.25) is 0 Å². The summed E-state index contributed by atoms with van der Waals surface area (Å²) in [5.74, 6) is -3.27. The van der Waals surface area contributed by atoms with Crippen molar-refractivity contribution < 1.29 is 57.2 Å².